The van der Waals surface area contributed by atoms with E-state index in [-0.39, 0.29) is 46.6 Å². The Hall–Kier alpha value is -3.17. The van der Waals surface area contributed by atoms with Crippen molar-refractivity contribution < 1.29 is 31.1 Å². The van der Waals surface area contributed by atoms with Gasteiger partial charge in [0.05, 0.1) is 23.7 Å². The fourth-order valence-electron chi connectivity index (χ4n) is 3.87. The number of alkyl halides is 3. The number of amides is 1. The molecular weight excluding hydrogens is 503 g/mol. The highest BCUT2D eigenvalue weighted by Crippen LogP contribution is 2.47. The van der Waals surface area contributed by atoms with Crippen LogP contribution < -0.4 is 5.32 Å². The first kappa shape index (κ1) is 28.4. The lowest BCUT2D eigenvalue weighted by Crippen LogP contribution is -2.46. The molecule has 3 aromatic rings. The summed E-state index contributed by atoms with van der Waals surface area (Å²) in [7, 11) is -3.34. The van der Waals surface area contributed by atoms with Crippen molar-refractivity contribution in [3.05, 3.63) is 95.6 Å². The summed E-state index contributed by atoms with van der Waals surface area (Å²) in [6.45, 7) is 5.00. The van der Waals surface area contributed by atoms with Crippen molar-refractivity contribution in [1.29, 1.82) is 0 Å². The average molecular weight is 534 g/mol. The van der Waals surface area contributed by atoms with Crippen LogP contribution in [-0.4, -0.2) is 32.9 Å². The lowest BCUT2D eigenvalue weighted by molar-refractivity contribution is -0.269. The van der Waals surface area contributed by atoms with Crippen molar-refractivity contribution in [1.82, 2.24) is 0 Å². The smallest absolute Gasteiger partial charge is 0.356 e. The van der Waals surface area contributed by atoms with Gasteiger partial charge in [-0.2, -0.15) is 13.2 Å². The minimum atomic E-state index is -4.74. The summed E-state index contributed by atoms with van der Waals surface area (Å²) in [5.74, 6) is -0.536. The van der Waals surface area contributed by atoms with Gasteiger partial charge in [-0.3, -0.25) is 4.79 Å². The van der Waals surface area contributed by atoms with Gasteiger partial charge in [0, 0.05) is 5.69 Å². The molecule has 3 aromatic carbocycles. The molecule has 0 saturated heterocycles. The maximum absolute atomic E-state index is 14.6. The molecule has 0 saturated carbocycles. The van der Waals surface area contributed by atoms with Gasteiger partial charge in [-0.25, -0.2) is 8.42 Å². The summed E-state index contributed by atoms with van der Waals surface area (Å²) in [5, 5.41) is 2.67. The van der Waals surface area contributed by atoms with Crippen LogP contribution in [0.4, 0.5) is 18.9 Å². The number of anilines is 1. The Balaban J connectivity index is 1.83. The summed E-state index contributed by atoms with van der Waals surface area (Å²) in [5.41, 5.74) is -1.87. The van der Waals surface area contributed by atoms with E-state index in [2.05, 4.69) is 5.32 Å². The Morgan fingerprint density at radius 1 is 0.892 bits per heavy atom. The van der Waals surface area contributed by atoms with Gasteiger partial charge in [0.15, 0.2) is 9.84 Å². The maximum atomic E-state index is 14.6. The second kappa shape index (κ2) is 11.5. The number of ether oxygens (including phenoxy) is 1. The highest BCUT2D eigenvalue weighted by Gasteiger charge is 2.58. The van der Waals surface area contributed by atoms with Gasteiger partial charge in [-0.1, -0.05) is 75.4 Å². The predicted molar refractivity (Wildman–Crippen MR) is 137 cm³/mol. The number of rotatable bonds is 10. The van der Waals surface area contributed by atoms with Crippen molar-refractivity contribution in [2.75, 3.05) is 17.7 Å². The molecule has 1 atom stereocenters. The molecular formula is C28H30F3NO4S. The van der Waals surface area contributed by atoms with Crippen LogP contribution in [0.3, 0.4) is 0 Å². The Morgan fingerprint density at radius 2 is 1.46 bits per heavy atom. The van der Waals surface area contributed by atoms with Crippen LogP contribution in [0.25, 0.3) is 0 Å². The zero-order valence-electron chi connectivity index (χ0n) is 20.9. The van der Waals surface area contributed by atoms with Gasteiger partial charge >= 0.3 is 6.18 Å². The number of hydrogen-bond acceptors (Lipinski definition) is 4. The van der Waals surface area contributed by atoms with Gasteiger partial charge in [0.1, 0.15) is 0 Å². The molecule has 3 rings (SSSR count). The molecule has 37 heavy (non-hydrogen) atoms. The molecule has 198 valence electrons. The van der Waals surface area contributed by atoms with E-state index >= 15 is 0 Å². The first-order valence-corrected chi connectivity index (χ1v) is 13.5. The highest BCUT2D eigenvalue weighted by atomic mass is 32.2. The molecule has 5 nitrogen and oxygen atoms in total. The number of carbonyl (C=O) groups is 1. The fraction of sp³-hybridized carbons (Fsp3) is 0.321. The van der Waals surface area contributed by atoms with Crippen LogP contribution in [0.5, 0.6) is 0 Å². The third-order valence-electron chi connectivity index (χ3n) is 5.82. The number of benzene rings is 3. The summed E-state index contributed by atoms with van der Waals surface area (Å²) < 4.78 is 73.4. The minimum absolute atomic E-state index is 0.0226. The Morgan fingerprint density at radius 3 is 1.97 bits per heavy atom. The van der Waals surface area contributed by atoms with E-state index in [1.54, 1.807) is 39.0 Å². The van der Waals surface area contributed by atoms with E-state index in [1.807, 2.05) is 0 Å². The molecule has 0 aliphatic heterocycles. The van der Waals surface area contributed by atoms with Crippen LogP contribution in [0.2, 0.25) is 0 Å². The van der Waals surface area contributed by atoms with Gasteiger partial charge in [0.2, 0.25) is 11.5 Å². The van der Waals surface area contributed by atoms with Gasteiger partial charge < -0.3 is 10.1 Å². The minimum Gasteiger partial charge on any atom is -0.356 e. The summed E-state index contributed by atoms with van der Waals surface area (Å²) in [6, 6.07) is 19.0. The molecule has 0 aromatic heterocycles. The fourth-order valence-corrected chi connectivity index (χ4v) is 4.75. The molecule has 1 amide bonds. The molecule has 0 spiro atoms. The number of nitrogens with one attached hydrogen (secondary N) is 1. The summed E-state index contributed by atoms with van der Waals surface area (Å²) >= 11 is 0. The first-order chi connectivity index (χ1) is 17.4. The Bertz CT molecular complexity index is 1290. The van der Waals surface area contributed by atoms with Crippen molar-refractivity contribution in [2.24, 2.45) is 5.92 Å². The zero-order chi connectivity index (χ0) is 27.3. The molecule has 9 heteroatoms. The third-order valence-corrected chi connectivity index (χ3v) is 7.57. The van der Waals surface area contributed by atoms with E-state index in [1.165, 1.54) is 60.7 Å². The molecule has 0 aliphatic rings. The second-order valence-corrected chi connectivity index (χ2v) is 11.4. The normalized spacial score (nSPS) is 13.8. The van der Waals surface area contributed by atoms with Crippen LogP contribution >= 0.6 is 0 Å². The van der Waals surface area contributed by atoms with Crippen LogP contribution in [0, 0.1) is 5.92 Å². The largest absolute Gasteiger partial charge is 0.426 e. The number of carbonyl (C=O) groups excluding carboxylic acids is 1. The quantitative estimate of drug-likeness (QED) is 0.340. The molecule has 0 heterocycles. The van der Waals surface area contributed by atoms with Gasteiger partial charge in [0.25, 0.3) is 0 Å². The highest BCUT2D eigenvalue weighted by molar-refractivity contribution is 7.91. The molecule has 0 aliphatic carbocycles. The molecule has 1 N–H and O–H groups in total. The van der Waals surface area contributed by atoms with E-state index in [0.717, 1.165) is 0 Å². The Kier molecular flexibility index (Phi) is 8.81. The lowest BCUT2D eigenvalue weighted by atomic mass is 9.85. The maximum Gasteiger partial charge on any atom is 0.426 e. The van der Waals surface area contributed by atoms with Crippen LogP contribution in [-0.2, 0) is 31.4 Å². The molecule has 1 unspecified atom stereocenters. The number of sulfone groups is 1. The van der Waals surface area contributed by atoms with Crippen LogP contribution in [0.1, 0.15) is 37.5 Å². The Labute approximate surface area is 215 Å². The van der Waals surface area contributed by atoms with E-state index in [4.69, 9.17) is 4.74 Å². The van der Waals surface area contributed by atoms with E-state index in [0.29, 0.717) is 11.3 Å². The topological polar surface area (TPSA) is 72.5 Å². The standard InChI is InChI=1S/C28H30F3NO4S/c1-4-37(34,35)25-16-10-21(11-17-25)18-26(33)32-24-14-12-23(13-15-24)27(28(29,30)31,36-19-20(2)3)22-8-6-5-7-9-22/h5-17,20H,4,18-19H2,1-3H3,(H,32,33). The number of hydrogen-bond donors (Lipinski definition) is 1. The van der Waals surface area contributed by atoms with Crippen molar-refractivity contribution in [3.63, 3.8) is 0 Å². The van der Waals surface area contributed by atoms with E-state index in [9.17, 15) is 26.4 Å². The predicted octanol–water partition coefficient (Wildman–Crippen LogP) is 6.14. The summed E-state index contributed by atoms with van der Waals surface area (Å²) in [6.07, 6.45) is -4.77. The zero-order valence-corrected chi connectivity index (χ0v) is 21.7. The summed E-state index contributed by atoms with van der Waals surface area (Å²) in [4.78, 5) is 12.7. The van der Waals surface area contributed by atoms with E-state index < -0.39 is 21.6 Å². The SMILES string of the molecule is CCS(=O)(=O)c1ccc(CC(=O)Nc2ccc(C(OCC(C)C)(c3ccccc3)C(F)(F)F)cc2)cc1. The van der Waals surface area contributed by atoms with Crippen molar-refractivity contribution in [3.8, 4) is 0 Å². The monoisotopic (exact) mass is 533 g/mol. The lowest BCUT2D eigenvalue weighted by Gasteiger charge is -2.37. The van der Waals surface area contributed by atoms with Gasteiger partial charge in [-0.05, 0) is 46.9 Å². The third kappa shape index (κ3) is 6.59. The molecule has 0 fully saturated rings. The molecule has 0 bridgehead atoms. The first-order valence-electron chi connectivity index (χ1n) is 11.9. The van der Waals surface area contributed by atoms with Crippen LogP contribution in [0.15, 0.2) is 83.8 Å². The molecule has 0 radical (unpaired) electrons. The van der Waals surface area contributed by atoms with Crippen molar-refractivity contribution >= 4 is 21.4 Å². The number of halogens is 3. The second-order valence-electron chi connectivity index (χ2n) is 9.10. The average Bonchev–Trinajstić information content (AvgIpc) is 2.85. The van der Waals surface area contributed by atoms with Gasteiger partial charge in [-0.15, -0.1) is 0 Å². The van der Waals surface area contributed by atoms with Crippen molar-refractivity contribution in [2.45, 2.75) is 43.9 Å².